The van der Waals surface area contributed by atoms with Gasteiger partial charge in [0.2, 0.25) is 5.91 Å². The third-order valence-electron chi connectivity index (χ3n) is 1.93. The van der Waals surface area contributed by atoms with Crippen molar-refractivity contribution in [1.82, 2.24) is 5.32 Å². The first kappa shape index (κ1) is 8.31. The molecule has 0 aromatic carbocycles. The Morgan fingerprint density at radius 2 is 2.45 bits per heavy atom. The highest BCUT2D eigenvalue weighted by atomic mass is 16.1. The predicted molar refractivity (Wildman–Crippen MR) is 45.2 cm³/mol. The number of rotatable bonds is 2. The van der Waals surface area contributed by atoms with Crippen LogP contribution in [-0.4, -0.2) is 11.9 Å². The molecule has 1 heterocycles. The number of hydrogen-bond donors (Lipinski definition) is 1. The van der Waals surface area contributed by atoms with Crippen molar-refractivity contribution in [1.29, 1.82) is 0 Å². The summed E-state index contributed by atoms with van der Waals surface area (Å²) in [5.74, 6) is 0.0761. The summed E-state index contributed by atoms with van der Waals surface area (Å²) in [5.41, 5.74) is 1.20. The molecule has 0 aromatic rings. The van der Waals surface area contributed by atoms with E-state index in [1.807, 2.05) is 6.92 Å². The van der Waals surface area contributed by atoms with Gasteiger partial charge in [-0.25, -0.2) is 0 Å². The van der Waals surface area contributed by atoms with E-state index in [4.69, 9.17) is 0 Å². The summed E-state index contributed by atoms with van der Waals surface area (Å²) >= 11 is 0. The minimum atomic E-state index is 0.0761. The first-order valence-corrected chi connectivity index (χ1v) is 4.20. The Bertz CT molecular complexity index is 184. The van der Waals surface area contributed by atoms with E-state index in [9.17, 15) is 4.79 Å². The van der Waals surface area contributed by atoms with Gasteiger partial charge < -0.3 is 5.32 Å². The monoisotopic (exact) mass is 153 g/mol. The molecule has 1 atom stereocenters. The van der Waals surface area contributed by atoms with Gasteiger partial charge in [-0.15, -0.1) is 0 Å². The summed E-state index contributed by atoms with van der Waals surface area (Å²) in [4.78, 5) is 11.0. The fourth-order valence-corrected chi connectivity index (χ4v) is 1.49. The standard InChI is InChI=1S/C9H15NO/c1-3-4-8-5-7(2)6-9(11)10-8/h6,8H,3-5H2,1-2H3,(H,10,11). The average Bonchev–Trinajstić information content (AvgIpc) is 1.85. The number of carbonyl (C=O) groups excluding carboxylic acids is 1. The molecule has 0 saturated heterocycles. The van der Waals surface area contributed by atoms with Crippen LogP contribution >= 0.6 is 0 Å². The molecule has 0 bridgehead atoms. The summed E-state index contributed by atoms with van der Waals surface area (Å²) in [6.07, 6.45) is 4.95. The van der Waals surface area contributed by atoms with Crippen molar-refractivity contribution in [2.24, 2.45) is 0 Å². The van der Waals surface area contributed by atoms with E-state index in [1.165, 1.54) is 5.57 Å². The van der Waals surface area contributed by atoms with E-state index in [0.717, 1.165) is 19.3 Å². The van der Waals surface area contributed by atoms with Gasteiger partial charge in [-0.2, -0.15) is 0 Å². The van der Waals surface area contributed by atoms with Crippen molar-refractivity contribution in [2.45, 2.75) is 39.2 Å². The summed E-state index contributed by atoms with van der Waals surface area (Å²) < 4.78 is 0. The first-order valence-electron chi connectivity index (χ1n) is 4.20. The number of hydrogen-bond acceptors (Lipinski definition) is 1. The summed E-state index contributed by atoms with van der Waals surface area (Å²) in [6.45, 7) is 4.15. The zero-order chi connectivity index (χ0) is 8.27. The first-order chi connectivity index (χ1) is 5.22. The lowest BCUT2D eigenvalue weighted by atomic mass is 10.00. The van der Waals surface area contributed by atoms with Gasteiger partial charge in [0, 0.05) is 12.1 Å². The van der Waals surface area contributed by atoms with Gasteiger partial charge in [0.1, 0.15) is 0 Å². The molecule has 0 aromatic heterocycles. The molecule has 1 amide bonds. The van der Waals surface area contributed by atoms with Crippen LogP contribution in [0.1, 0.15) is 33.1 Å². The van der Waals surface area contributed by atoms with Crippen molar-refractivity contribution >= 4 is 5.91 Å². The van der Waals surface area contributed by atoms with E-state index >= 15 is 0 Å². The van der Waals surface area contributed by atoms with Gasteiger partial charge in [0.25, 0.3) is 0 Å². The normalized spacial score (nSPS) is 24.4. The van der Waals surface area contributed by atoms with Gasteiger partial charge in [-0.05, 0) is 19.8 Å². The zero-order valence-electron chi connectivity index (χ0n) is 7.18. The molecule has 1 aliphatic heterocycles. The van der Waals surface area contributed by atoms with E-state index < -0.39 is 0 Å². The minimum absolute atomic E-state index is 0.0761. The quantitative estimate of drug-likeness (QED) is 0.641. The summed E-state index contributed by atoms with van der Waals surface area (Å²) in [6, 6.07) is 0.387. The fourth-order valence-electron chi connectivity index (χ4n) is 1.49. The molecule has 1 N–H and O–H groups in total. The molecule has 2 nitrogen and oxygen atoms in total. The van der Waals surface area contributed by atoms with Gasteiger partial charge >= 0.3 is 0 Å². The molecule has 0 spiro atoms. The maximum atomic E-state index is 11.0. The highest BCUT2D eigenvalue weighted by molar-refractivity contribution is 5.89. The van der Waals surface area contributed by atoms with Crippen LogP contribution in [0.15, 0.2) is 11.6 Å². The van der Waals surface area contributed by atoms with Crippen molar-refractivity contribution < 1.29 is 4.79 Å². The lowest BCUT2D eigenvalue weighted by molar-refractivity contribution is -0.117. The zero-order valence-corrected chi connectivity index (χ0v) is 7.18. The topological polar surface area (TPSA) is 29.1 Å². The Morgan fingerprint density at radius 3 is 3.00 bits per heavy atom. The van der Waals surface area contributed by atoms with Crippen molar-refractivity contribution in [3.63, 3.8) is 0 Å². The Balaban J connectivity index is 2.50. The smallest absolute Gasteiger partial charge is 0.244 e. The van der Waals surface area contributed by atoms with Gasteiger partial charge in [-0.3, -0.25) is 4.79 Å². The molecule has 1 aliphatic rings. The lowest BCUT2D eigenvalue weighted by Gasteiger charge is -2.21. The largest absolute Gasteiger partial charge is 0.350 e. The maximum absolute atomic E-state index is 11.0. The van der Waals surface area contributed by atoms with Crippen molar-refractivity contribution in [3.05, 3.63) is 11.6 Å². The molecule has 11 heavy (non-hydrogen) atoms. The van der Waals surface area contributed by atoms with E-state index in [2.05, 4.69) is 12.2 Å². The summed E-state index contributed by atoms with van der Waals surface area (Å²) in [5, 5.41) is 2.93. The van der Waals surface area contributed by atoms with Crippen LogP contribution in [0.3, 0.4) is 0 Å². The van der Waals surface area contributed by atoms with Crippen LogP contribution in [0, 0.1) is 0 Å². The fraction of sp³-hybridized carbons (Fsp3) is 0.667. The van der Waals surface area contributed by atoms with E-state index in [0.29, 0.717) is 6.04 Å². The molecule has 0 radical (unpaired) electrons. The second kappa shape index (κ2) is 3.56. The average molecular weight is 153 g/mol. The van der Waals surface area contributed by atoms with Crippen molar-refractivity contribution in [3.8, 4) is 0 Å². The third kappa shape index (κ3) is 2.37. The molecular weight excluding hydrogens is 138 g/mol. The van der Waals surface area contributed by atoms with Crippen molar-refractivity contribution in [2.75, 3.05) is 0 Å². The molecule has 0 saturated carbocycles. The van der Waals surface area contributed by atoms with Crippen LogP contribution in [-0.2, 0) is 4.79 Å². The predicted octanol–water partition coefficient (Wildman–Crippen LogP) is 1.62. The molecule has 0 aliphatic carbocycles. The Kier molecular flexibility index (Phi) is 2.69. The SMILES string of the molecule is CCCC1CC(C)=CC(=O)N1. The molecule has 1 unspecified atom stereocenters. The number of amides is 1. The number of nitrogens with one attached hydrogen (secondary N) is 1. The Hall–Kier alpha value is -0.790. The second-order valence-corrected chi connectivity index (χ2v) is 3.19. The molecule has 1 rings (SSSR count). The minimum Gasteiger partial charge on any atom is -0.350 e. The molecule has 62 valence electrons. The highest BCUT2D eigenvalue weighted by Gasteiger charge is 2.15. The maximum Gasteiger partial charge on any atom is 0.244 e. The number of carbonyl (C=O) groups is 1. The Labute approximate surface area is 67.7 Å². The van der Waals surface area contributed by atoms with Crippen LogP contribution in [0.5, 0.6) is 0 Å². The van der Waals surface area contributed by atoms with E-state index in [1.54, 1.807) is 6.08 Å². The highest BCUT2D eigenvalue weighted by Crippen LogP contribution is 2.13. The second-order valence-electron chi connectivity index (χ2n) is 3.19. The molecule has 0 fully saturated rings. The lowest BCUT2D eigenvalue weighted by Crippen LogP contribution is -2.37. The van der Waals surface area contributed by atoms with Crippen LogP contribution < -0.4 is 5.32 Å². The van der Waals surface area contributed by atoms with E-state index in [-0.39, 0.29) is 5.91 Å². The third-order valence-corrected chi connectivity index (χ3v) is 1.93. The Morgan fingerprint density at radius 1 is 1.73 bits per heavy atom. The van der Waals surface area contributed by atoms with Gasteiger partial charge in [0.15, 0.2) is 0 Å². The molecule has 2 heteroatoms. The van der Waals surface area contributed by atoms with Crippen LogP contribution in [0.2, 0.25) is 0 Å². The molecular formula is C9H15NO. The van der Waals surface area contributed by atoms with Crippen LogP contribution in [0.4, 0.5) is 0 Å². The van der Waals surface area contributed by atoms with Gasteiger partial charge in [-0.1, -0.05) is 18.9 Å². The van der Waals surface area contributed by atoms with Gasteiger partial charge in [0.05, 0.1) is 0 Å². The van der Waals surface area contributed by atoms with Crippen LogP contribution in [0.25, 0.3) is 0 Å². The summed E-state index contributed by atoms with van der Waals surface area (Å²) in [7, 11) is 0.